The van der Waals surface area contributed by atoms with E-state index in [-0.39, 0.29) is 18.1 Å². The molecule has 2 aromatic rings. The molecule has 0 saturated carbocycles. The van der Waals surface area contributed by atoms with Crippen LogP contribution in [0.25, 0.3) is 0 Å². The van der Waals surface area contributed by atoms with Crippen molar-refractivity contribution in [3.63, 3.8) is 0 Å². The molecule has 0 spiro atoms. The van der Waals surface area contributed by atoms with Crippen molar-refractivity contribution < 1.29 is 14.3 Å². The largest absolute Gasteiger partial charge is 0.486 e. The van der Waals surface area contributed by atoms with Crippen LogP contribution in [0.3, 0.4) is 0 Å². The van der Waals surface area contributed by atoms with Crippen LogP contribution in [0.5, 0.6) is 11.5 Å². The predicted molar refractivity (Wildman–Crippen MR) is 89.2 cm³/mol. The van der Waals surface area contributed by atoms with Gasteiger partial charge in [0.1, 0.15) is 13.2 Å². The maximum Gasteiger partial charge on any atom is 0.315 e. The van der Waals surface area contributed by atoms with E-state index in [1.165, 1.54) is 0 Å². The monoisotopic (exact) mass is 330 g/mol. The van der Waals surface area contributed by atoms with Gasteiger partial charge in [-0.15, -0.1) is 0 Å². The van der Waals surface area contributed by atoms with Gasteiger partial charge >= 0.3 is 6.03 Å². The molecule has 1 aliphatic rings. The summed E-state index contributed by atoms with van der Waals surface area (Å²) in [6.45, 7) is 5.67. The van der Waals surface area contributed by atoms with Crippen LogP contribution in [0.15, 0.2) is 36.9 Å². The Kier molecular flexibility index (Phi) is 4.88. The van der Waals surface area contributed by atoms with Gasteiger partial charge in [0.15, 0.2) is 11.5 Å². The van der Waals surface area contributed by atoms with E-state index in [1.807, 2.05) is 42.8 Å². The summed E-state index contributed by atoms with van der Waals surface area (Å²) in [6.07, 6.45) is 5.32. The average molecular weight is 330 g/mol. The van der Waals surface area contributed by atoms with E-state index in [0.29, 0.717) is 19.8 Å². The Hall–Kier alpha value is -2.70. The van der Waals surface area contributed by atoms with Gasteiger partial charge in [0.05, 0.1) is 12.4 Å². The van der Waals surface area contributed by atoms with Crippen molar-refractivity contribution in [2.24, 2.45) is 0 Å². The smallest absolute Gasteiger partial charge is 0.315 e. The standard InChI is InChI=1S/C17H22N4O3/c1-12(10-21-6-5-18-11-21)19-17(22)20-13(2)14-3-4-15-16(9-14)24-8-7-23-15/h3-6,9,11-13H,7-8,10H2,1-2H3,(H2,19,20,22)/t12-,13+/m1/s1. The molecule has 0 aliphatic carbocycles. The van der Waals surface area contributed by atoms with Crippen LogP contribution in [0, 0.1) is 0 Å². The Morgan fingerprint density at radius 2 is 2.04 bits per heavy atom. The second-order valence-electron chi connectivity index (χ2n) is 5.90. The minimum Gasteiger partial charge on any atom is -0.486 e. The third kappa shape index (κ3) is 3.98. The first-order valence-electron chi connectivity index (χ1n) is 8.04. The Balaban J connectivity index is 1.54. The number of hydrogen-bond acceptors (Lipinski definition) is 4. The van der Waals surface area contributed by atoms with Crippen molar-refractivity contribution in [3.8, 4) is 11.5 Å². The van der Waals surface area contributed by atoms with Crippen LogP contribution < -0.4 is 20.1 Å². The summed E-state index contributed by atoms with van der Waals surface area (Å²) in [6, 6.07) is 5.38. The molecule has 3 rings (SSSR count). The van der Waals surface area contributed by atoms with Crippen molar-refractivity contribution in [2.75, 3.05) is 13.2 Å². The number of aromatic nitrogens is 2. The third-order valence-electron chi connectivity index (χ3n) is 3.84. The molecule has 2 N–H and O–H groups in total. The summed E-state index contributed by atoms with van der Waals surface area (Å²) in [5.74, 6) is 1.47. The molecule has 1 aromatic heterocycles. The number of carbonyl (C=O) groups is 1. The SMILES string of the molecule is C[C@H](Cn1ccnc1)NC(=O)N[C@@H](C)c1ccc2c(c1)OCCO2. The number of carbonyl (C=O) groups excluding carboxylic acids is 1. The van der Waals surface area contributed by atoms with Gasteiger partial charge in [0.25, 0.3) is 0 Å². The second kappa shape index (κ2) is 7.25. The number of fused-ring (bicyclic) bond motifs is 1. The number of nitrogens with one attached hydrogen (secondary N) is 2. The Labute approximate surface area is 141 Å². The summed E-state index contributed by atoms with van der Waals surface area (Å²) in [5, 5.41) is 5.87. The molecule has 0 bridgehead atoms. The van der Waals surface area contributed by atoms with Crippen LogP contribution in [0.1, 0.15) is 25.5 Å². The van der Waals surface area contributed by atoms with E-state index >= 15 is 0 Å². The molecule has 0 radical (unpaired) electrons. The minimum absolute atomic E-state index is 0.00772. The number of benzene rings is 1. The summed E-state index contributed by atoms with van der Waals surface area (Å²) in [4.78, 5) is 16.1. The number of urea groups is 1. The molecule has 128 valence electrons. The lowest BCUT2D eigenvalue weighted by Gasteiger charge is -2.22. The highest BCUT2D eigenvalue weighted by molar-refractivity contribution is 5.74. The van der Waals surface area contributed by atoms with Gasteiger partial charge in [-0.25, -0.2) is 9.78 Å². The van der Waals surface area contributed by atoms with Crippen LogP contribution in [-0.2, 0) is 6.54 Å². The highest BCUT2D eigenvalue weighted by atomic mass is 16.6. The van der Waals surface area contributed by atoms with Crippen molar-refractivity contribution in [1.29, 1.82) is 0 Å². The van der Waals surface area contributed by atoms with Crippen molar-refractivity contribution in [2.45, 2.75) is 32.5 Å². The molecular formula is C17H22N4O3. The minimum atomic E-state index is -0.204. The average Bonchev–Trinajstić information content (AvgIpc) is 3.06. The first kappa shape index (κ1) is 16.2. The van der Waals surface area contributed by atoms with Gasteiger partial charge in [0.2, 0.25) is 0 Å². The lowest BCUT2D eigenvalue weighted by Crippen LogP contribution is -2.43. The Morgan fingerprint density at radius 1 is 1.25 bits per heavy atom. The maximum absolute atomic E-state index is 12.2. The number of rotatable bonds is 5. The zero-order valence-electron chi connectivity index (χ0n) is 13.9. The third-order valence-corrected chi connectivity index (χ3v) is 3.84. The molecule has 2 amide bonds. The zero-order valence-corrected chi connectivity index (χ0v) is 13.9. The Bertz CT molecular complexity index is 687. The molecule has 0 saturated heterocycles. The molecule has 1 aromatic carbocycles. The van der Waals surface area contributed by atoms with E-state index in [2.05, 4.69) is 15.6 Å². The number of ether oxygens (including phenoxy) is 2. The first-order chi connectivity index (χ1) is 11.6. The topological polar surface area (TPSA) is 77.4 Å². The number of nitrogens with zero attached hydrogens (tertiary/aromatic N) is 2. The van der Waals surface area contributed by atoms with Crippen LogP contribution in [0.2, 0.25) is 0 Å². The molecule has 0 fully saturated rings. The van der Waals surface area contributed by atoms with Crippen LogP contribution in [-0.4, -0.2) is 34.8 Å². The number of amides is 2. The van der Waals surface area contributed by atoms with Gasteiger partial charge in [-0.3, -0.25) is 0 Å². The van der Waals surface area contributed by atoms with E-state index in [1.54, 1.807) is 12.5 Å². The molecule has 1 aliphatic heterocycles. The molecule has 2 heterocycles. The van der Waals surface area contributed by atoms with E-state index in [4.69, 9.17) is 9.47 Å². The van der Waals surface area contributed by atoms with E-state index < -0.39 is 0 Å². The van der Waals surface area contributed by atoms with Crippen molar-refractivity contribution in [3.05, 3.63) is 42.5 Å². The second-order valence-corrected chi connectivity index (χ2v) is 5.90. The normalized spacial score (nSPS) is 15.4. The highest BCUT2D eigenvalue weighted by Gasteiger charge is 2.16. The summed E-state index contributed by atoms with van der Waals surface area (Å²) in [5.41, 5.74) is 0.969. The quantitative estimate of drug-likeness (QED) is 0.880. The maximum atomic E-state index is 12.2. The predicted octanol–water partition coefficient (Wildman–Crippen LogP) is 2.10. The number of hydrogen-bond donors (Lipinski definition) is 2. The zero-order chi connectivity index (χ0) is 16.9. The highest BCUT2D eigenvalue weighted by Crippen LogP contribution is 2.32. The summed E-state index contributed by atoms with van der Waals surface area (Å²) >= 11 is 0. The lowest BCUT2D eigenvalue weighted by atomic mass is 10.1. The lowest BCUT2D eigenvalue weighted by molar-refractivity contribution is 0.171. The Morgan fingerprint density at radius 3 is 2.79 bits per heavy atom. The summed E-state index contributed by atoms with van der Waals surface area (Å²) < 4.78 is 13.0. The van der Waals surface area contributed by atoms with Crippen LogP contribution >= 0.6 is 0 Å². The van der Waals surface area contributed by atoms with Gasteiger partial charge in [-0.2, -0.15) is 0 Å². The fourth-order valence-electron chi connectivity index (χ4n) is 2.63. The van der Waals surface area contributed by atoms with Gasteiger partial charge in [-0.1, -0.05) is 6.07 Å². The summed E-state index contributed by atoms with van der Waals surface area (Å²) in [7, 11) is 0. The molecular weight excluding hydrogens is 308 g/mol. The molecule has 7 heteroatoms. The van der Waals surface area contributed by atoms with Gasteiger partial charge < -0.3 is 24.7 Å². The fraction of sp³-hybridized carbons (Fsp3) is 0.412. The fourth-order valence-corrected chi connectivity index (χ4v) is 2.63. The molecule has 0 unspecified atom stereocenters. The first-order valence-corrected chi connectivity index (χ1v) is 8.04. The van der Waals surface area contributed by atoms with Gasteiger partial charge in [0, 0.05) is 25.0 Å². The van der Waals surface area contributed by atoms with E-state index in [9.17, 15) is 4.79 Å². The molecule has 2 atom stereocenters. The van der Waals surface area contributed by atoms with Crippen LogP contribution in [0.4, 0.5) is 4.79 Å². The van der Waals surface area contributed by atoms with E-state index in [0.717, 1.165) is 17.1 Å². The number of imidazole rings is 1. The van der Waals surface area contributed by atoms with Crippen molar-refractivity contribution in [1.82, 2.24) is 20.2 Å². The molecule has 24 heavy (non-hydrogen) atoms. The molecule has 7 nitrogen and oxygen atoms in total. The van der Waals surface area contributed by atoms with Crippen molar-refractivity contribution >= 4 is 6.03 Å². The van der Waals surface area contributed by atoms with Gasteiger partial charge in [-0.05, 0) is 31.5 Å².